The number of hydrogen-bond acceptors (Lipinski definition) is 1. The molecule has 1 aliphatic rings. The minimum atomic E-state index is 0.325. The van der Waals surface area contributed by atoms with Gasteiger partial charge in [-0.2, -0.15) is 0 Å². The topological polar surface area (TPSA) is 9.23 Å². The molecule has 1 saturated heterocycles. The predicted molar refractivity (Wildman–Crippen MR) is 61.7 cm³/mol. The van der Waals surface area contributed by atoms with Gasteiger partial charge < -0.3 is 4.74 Å². The van der Waals surface area contributed by atoms with E-state index in [-0.39, 0.29) is 0 Å². The first kappa shape index (κ1) is 10.2. The fourth-order valence-corrected chi connectivity index (χ4v) is 2.41. The van der Waals surface area contributed by atoms with E-state index >= 15 is 0 Å². The molecular formula is C12H15BrO. The van der Waals surface area contributed by atoms with Crippen LogP contribution in [-0.4, -0.2) is 6.61 Å². The molecule has 0 radical (unpaired) electrons. The van der Waals surface area contributed by atoms with Gasteiger partial charge >= 0.3 is 0 Å². The third kappa shape index (κ3) is 2.01. The predicted octanol–water partition coefficient (Wildman–Crippen LogP) is 3.99. The smallest absolute Gasteiger partial charge is 0.0828 e. The summed E-state index contributed by atoms with van der Waals surface area (Å²) in [5, 5.41) is 0. The second-order valence-corrected chi connectivity index (χ2v) is 5.12. The molecule has 0 N–H and O–H groups in total. The number of alkyl halides is 1. The van der Waals surface area contributed by atoms with Crippen molar-refractivity contribution < 1.29 is 4.74 Å². The van der Waals surface area contributed by atoms with Gasteiger partial charge in [-0.05, 0) is 30.9 Å². The Morgan fingerprint density at radius 2 is 2.21 bits per heavy atom. The molecule has 0 spiro atoms. The highest BCUT2D eigenvalue weighted by atomic mass is 79.9. The summed E-state index contributed by atoms with van der Waals surface area (Å²) in [5.41, 5.74) is 2.72. The number of rotatable bonds is 2. The molecule has 1 aliphatic heterocycles. The molecule has 1 aromatic carbocycles. The van der Waals surface area contributed by atoms with Gasteiger partial charge in [-0.1, -0.05) is 40.2 Å². The fourth-order valence-electron chi connectivity index (χ4n) is 1.99. The number of ether oxygens (including phenoxy) is 1. The van der Waals surface area contributed by atoms with Gasteiger partial charge in [0.1, 0.15) is 0 Å². The van der Waals surface area contributed by atoms with E-state index < -0.39 is 0 Å². The van der Waals surface area contributed by atoms with E-state index in [4.69, 9.17) is 4.74 Å². The molecule has 2 rings (SSSR count). The Bertz CT molecular complexity index is 303. The zero-order chi connectivity index (χ0) is 9.97. The molecule has 1 nitrogen and oxygen atoms in total. The maximum atomic E-state index is 5.71. The Kier molecular flexibility index (Phi) is 3.24. The summed E-state index contributed by atoms with van der Waals surface area (Å²) in [6.07, 6.45) is 2.68. The van der Waals surface area contributed by atoms with Crippen molar-refractivity contribution in [2.24, 2.45) is 0 Å². The number of halogens is 1. The van der Waals surface area contributed by atoms with Crippen molar-refractivity contribution in [1.29, 1.82) is 0 Å². The summed E-state index contributed by atoms with van der Waals surface area (Å²) in [6.45, 7) is 3.07. The third-order valence-corrected chi connectivity index (χ3v) is 3.19. The summed E-state index contributed by atoms with van der Waals surface area (Å²) in [5.74, 6) is 0. The van der Waals surface area contributed by atoms with Crippen molar-refractivity contribution in [2.45, 2.75) is 30.7 Å². The molecule has 1 fully saturated rings. The number of benzene rings is 1. The lowest BCUT2D eigenvalue weighted by molar-refractivity contribution is 0.111. The zero-order valence-corrected chi connectivity index (χ0v) is 9.96. The van der Waals surface area contributed by atoms with Crippen LogP contribution in [0.1, 0.15) is 41.8 Å². The molecule has 2 heteroatoms. The zero-order valence-electron chi connectivity index (χ0n) is 8.37. The third-order valence-electron chi connectivity index (χ3n) is 2.70. The standard InChI is InChI=1S/C12H15BrO/c1-9(13)10-5-2-3-6-11(10)12-7-4-8-14-12/h2-3,5-6,9,12H,4,7-8H2,1H3. The molecule has 1 aromatic rings. The van der Waals surface area contributed by atoms with Crippen LogP contribution < -0.4 is 0 Å². The molecule has 2 atom stereocenters. The first-order valence-corrected chi connectivity index (χ1v) is 6.05. The lowest BCUT2D eigenvalue weighted by atomic mass is 9.99. The average molecular weight is 255 g/mol. The highest BCUT2D eigenvalue weighted by molar-refractivity contribution is 9.09. The van der Waals surface area contributed by atoms with Crippen LogP contribution >= 0.6 is 15.9 Å². The van der Waals surface area contributed by atoms with Crippen molar-refractivity contribution >= 4 is 15.9 Å². The Morgan fingerprint density at radius 1 is 1.43 bits per heavy atom. The molecule has 0 bridgehead atoms. The minimum Gasteiger partial charge on any atom is -0.374 e. The normalized spacial score (nSPS) is 23.7. The van der Waals surface area contributed by atoms with E-state index in [1.807, 2.05) is 0 Å². The minimum absolute atomic E-state index is 0.325. The van der Waals surface area contributed by atoms with Crippen LogP contribution in [0.4, 0.5) is 0 Å². The van der Waals surface area contributed by atoms with Crippen LogP contribution in [0.2, 0.25) is 0 Å². The van der Waals surface area contributed by atoms with Gasteiger partial charge in [0.15, 0.2) is 0 Å². The van der Waals surface area contributed by atoms with E-state index in [0.717, 1.165) is 13.0 Å². The molecule has 0 amide bonds. The molecule has 2 unspecified atom stereocenters. The van der Waals surface area contributed by atoms with Gasteiger partial charge in [0.2, 0.25) is 0 Å². The molecular weight excluding hydrogens is 240 g/mol. The Balaban J connectivity index is 2.30. The van der Waals surface area contributed by atoms with Crippen LogP contribution in [0.5, 0.6) is 0 Å². The molecule has 0 aromatic heterocycles. The maximum absolute atomic E-state index is 5.71. The van der Waals surface area contributed by atoms with E-state index in [1.165, 1.54) is 17.5 Å². The van der Waals surface area contributed by atoms with Crippen molar-refractivity contribution in [1.82, 2.24) is 0 Å². The second kappa shape index (κ2) is 4.45. The highest BCUT2D eigenvalue weighted by Crippen LogP contribution is 2.35. The van der Waals surface area contributed by atoms with Crippen molar-refractivity contribution in [3.63, 3.8) is 0 Å². The largest absolute Gasteiger partial charge is 0.374 e. The summed E-state index contributed by atoms with van der Waals surface area (Å²) >= 11 is 3.62. The summed E-state index contributed by atoms with van der Waals surface area (Å²) in [6, 6.07) is 8.54. The fraction of sp³-hybridized carbons (Fsp3) is 0.500. The Morgan fingerprint density at radius 3 is 2.86 bits per heavy atom. The van der Waals surface area contributed by atoms with E-state index in [0.29, 0.717) is 10.9 Å². The molecule has 14 heavy (non-hydrogen) atoms. The van der Waals surface area contributed by atoms with Crippen LogP contribution in [0.25, 0.3) is 0 Å². The highest BCUT2D eigenvalue weighted by Gasteiger charge is 2.21. The van der Waals surface area contributed by atoms with E-state index in [1.54, 1.807) is 0 Å². The SMILES string of the molecule is CC(Br)c1ccccc1C1CCCO1. The Labute approximate surface area is 93.6 Å². The van der Waals surface area contributed by atoms with Crippen LogP contribution in [0.3, 0.4) is 0 Å². The lowest BCUT2D eigenvalue weighted by Gasteiger charge is -2.16. The van der Waals surface area contributed by atoms with Gasteiger partial charge in [-0.25, -0.2) is 0 Å². The lowest BCUT2D eigenvalue weighted by Crippen LogP contribution is -2.01. The van der Waals surface area contributed by atoms with Crippen LogP contribution in [0.15, 0.2) is 24.3 Å². The molecule has 0 aliphatic carbocycles. The quantitative estimate of drug-likeness (QED) is 0.726. The van der Waals surface area contributed by atoms with Gasteiger partial charge in [-0.3, -0.25) is 0 Å². The van der Waals surface area contributed by atoms with Gasteiger partial charge in [-0.15, -0.1) is 0 Å². The maximum Gasteiger partial charge on any atom is 0.0828 e. The first-order chi connectivity index (χ1) is 6.79. The second-order valence-electron chi connectivity index (χ2n) is 3.75. The molecule has 0 saturated carbocycles. The van der Waals surface area contributed by atoms with Crippen molar-refractivity contribution in [3.8, 4) is 0 Å². The van der Waals surface area contributed by atoms with E-state index in [2.05, 4.69) is 47.1 Å². The number of hydrogen-bond donors (Lipinski definition) is 0. The van der Waals surface area contributed by atoms with Crippen molar-refractivity contribution in [2.75, 3.05) is 6.61 Å². The molecule has 1 heterocycles. The van der Waals surface area contributed by atoms with Crippen LogP contribution in [0, 0.1) is 0 Å². The molecule has 76 valence electrons. The summed E-state index contributed by atoms with van der Waals surface area (Å²) in [4.78, 5) is 0.405. The van der Waals surface area contributed by atoms with Gasteiger partial charge in [0.05, 0.1) is 6.10 Å². The first-order valence-electron chi connectivity index (χ1n) is 5.13. The summed E-state index contributed by atoms with van der Waals surface area (Å²) < 4.78 is 5.71. The van der Waals surface area contributed by atoms with E-state index in [9.17, 15) is 0 Å². The van der Waals surface area contributed by atoms with Gasteiger partial charge in [0, 0.05) is 11.4 Å². The van der Waals surface area contributed by atoms with Gasteiger partial charge in [0.25, 0.3) is 0 Å². The monoisotopic (exact) mass is 254 g/mol. The summed E-state index contributed by atoms with van der Waals surface area (Å²) in [7, 11) is 0. The van der Waals surface area contributed by atoms with Crippen LogP contribution in [-0.2, 0) is 4.74 Å². The van der Waals surface area contributed by atoms with Crippen molar-refractivity contribution in [3.05, 3.63) is 35.4 Å². The average Bonchev–Trinajstić information content (AvgIpc) is 2.70. The Hall–Kier alpha value is -0.340.